The van der Waals surface area contributed by atoms with Gasteiger partial charge < -0.3 is 5.32 Å². The molecule has 1 aromatic heterocycles. The lowest BCUT2D eigenvalue weighted by molar-refractivity contribution is 0.426. The van der Waals surface area contributed by atoms with Crippen molar-refractivity contribution in [2.24, 2.45) is 7.05 Å². The maximum atomic E-state index is 5.98. The van der Waals surface area contributed by atoms with Crippen molar-refractivity contribution in [2.75, 3.05) is 6.54 Å². The van der Waals surface area contributed by atoms with Crippen LogP contribution in [0.5, 0.6) is 0 Å². The summed E-state index contributed by atoms with van der Waals surface area (Å²) >= 11 is 5.98. The first kappa shape index (κ1) is 11.5. The number of aryl methyl sites for hydroxylation is 1. The lowest BCUT2D eigenvalue weighted by Gasteiger charge is -2.20. The van der Waals surface area contributed by atoms with Crippen LogP contribution < -0.4 is 5.32 Å². The fourth-order valence-corrected chi connectivity index (χ4v) is 1.53. The van der Waals surface area contributed by atoms with Gasteiger partial charge in [-0.15, -0.1) is 0 Å². The summed E-state index contributed by atoms with van der Waals surface area (Å²) in [6.45, 7) is 7.37. The van der Waals surface area contributed by atoms with E-state index in [1.807, 2.05) is 11.7 Å². The van der Waals surface area contributed by atoms with E-state index < -0.39 is 0 Å². The highest BCUT2D eigenvalue weighted by atomic mass is 35.5. The van der Waals surface area contributed by atoms with Gasteiger partial charge in [0.25, 0.3) is 0 Å². The lowest BCUT2D eigenvalue weighted by atomic mass is 10.1. The summed E-state index contributed by atoms with van der Waals surface area (Å²) in [7, 11) is 1.91. The monoisotopic (exact) mass is 215 g/mol. The molecule has 0 spiro atoms. The zero-order valence-electron chi connectivity index (χ0n) is 9.26. The van der Waals surface area contributed by atoms with Gasteiger partial charge in [0.05, 0.1) is 16.9 Å². The van der Waals surface area contributed by atoms with Crippen LogP contribution in [0.15, 0.2) is 6.20 Å². The molecular weight excluding hydrogens is 198 g/mol. The van der Waals surface area contributed by atoms with Gasteiger partial charge in [-0.3, -0.25) is 4.68 Å². The van der Waals surface area contributed by atoms with E-state index in [-0.39, 0.29) is 5.54 Å². The van der Waals surface area contributed by atoms with Crippen LogP contribution in [0.2, 0.25) is 5.02 Å². The van der Waals surface area contributed by atoms with E-state index in [9.17, 15) is 0 Å². The number of rotatable bonds is 3. The van der Waals surface area contributed by atoms with Gasteiger partial charge in [0.2, 0.25) is 0 Å². The van der Waals surface area contributed by atoms with E-state index in [2.05, 4.69) is 31.2 Å². The summed E-state index contributed by atoms with van der Waals surface area (Å²) in [5, 5.41) is 8.26. The summed E-state index contributed by atoms with van der Waals surface area (Å²) in [6.07, 6.45) is 2.60. The SMILES string of the molecule is Cn1ncc(Cl)c1CCNC(C)(C)C. The maximum absolute atomic E-state index is 5.98. The molecule has 0 saturated heterocycles. The molecule has 4 heteroatoms. The molecule has 0 aliphatic carbocycles. The van der Waals surface area contributed by atoms with Gasteiger partial charge in [-0.25, -0.2) is 0 Å². The first-order chi connectivity index (χ1) is 6.40. The quantitative estimate of drug-likeness (QED) is 0.836. The molecule has 1 rings (SSSR count). The molecule has 0 unspecified atom stereocenters. The predicted octanol–water partition coefficient (Wildman–Crippen LogP) is 2.00. The van der Waals surface area contributed by atoms with Crippen molar-refractivity contribution in [1.82, 2.24) is 15.1 Å². The number of aromatic nitrogens is 2. The fraction of sp³-hybridized carbons (Fsp3) is 0.700. The van der Waals surface area contributed by atoms with Crippen LogP contribution in [0.25, 0.3) is 0 Å². The van der Waals surface area contributed by atoms with Gasteiger partial charge in [0.1, 0.15) is 0 Å². The van der Waals surface area contributed by atoms with Crippen molar-refractivity contribution in [3.8, 4) is 0 Å². The van der Waals surface area contributed by atoms with Crippen molar-refractivity contribution >= 4 is 11.6 Å². The van der Waals surface area contributed by atoms with Crippen LogP contribution in [-0.2, 0) is 13.5 Å². The van der Waals surface area contributed by atoms with Crippen LogP contribution in [-0.4, -0.2) is 21.9 Å². The van der Waals surface area contributed by atoms with Crippen molar-refractivity contribution < 1.29 is 0 Å². The zero-order chi connectivity index (χ0) is 10.8. The Balaban J connectivity index is 2.46. The minimum Gasteiger partial charge on any atom is -0.312 e. The molecule has 1 aromatic rings. The predicted molar refractivity (Wildman–Crippen MR) is 59.7 cm³/mol. The number of nitrogens with one attached hydrogen (secondary N) is 1. The topological polar surface area (TPSA) is 29.9 Å². The van der Waals surface area contributed by atoms with E-state index in [4.69, 9.17) is 11.6 Å². The molecular formula is C10H18ClN3. The Morgan fingerprint density at radius 3 is 2.57 bits per heavy atom. The highest BCUT2D eigenvalue weighted by Gasteiger charge is 2.10. The van der Waals surface area contributed by atoms with E-state index >= 15 is 0 Å². The Morgan fingerprint density at radius 1 is 1.50 bits per heavy atom. The second-order valence-corrected chi connectivity index (χ2v) is 4.90. The molecule has 0 bridgehead atoms. The zero-order valence-corrected chi connectivity index (χ0v) is 10.0. The number of hydrogen-bond acceptors (Lipinski definition) is 2. The molecule has 1 heterocycles. The third-order valence-electron chi connectivity index (χ3n) is 2.03. The normalized spacial score (nSPS) is 12.1. The van der Waals surface area contributed by atoms with E-state index in [1.54, 1.807) is 6.20 Å². The number of hydrogen-bond donors (Lipinski definition) is 1. The van der Waals surface area contributed by atoms with E-state index in [1.165, 1.54) is 0 Å². The maximum Gasteiger partial charge on any atom is 0.0818 e. The molecule has 0 fully saturated rings. The van der Waals surface area contributed by atoms with Gasteiger partial charge in [0.15, 0.2) is 0 Å². The van der Waals surface area contributed by atoms with Crippen LogP contribution >= 0.6 is 11.6 Å². The first-order valence-corrected chi connectivity index (χ1v) is 5.19. The second-order valence-electron chi connectivity index (χ2n) is 4.49. The van der Waals surface area contributed by atoms with Crippen molar-refractivity contribution in [3.63, 3.8) is 0 Å². The van der Waals surface area contributed by atoms with Gasteiger partial charge in [-0.1, -0.05) is 11.6 Å². The van der Waals surface area contributed by atoms with Crippen molar-refractivity contribution in [3.05, 3.63) is 16.9 Å². The molecule has 3 nitrogen and oxygen atoms in total. The van der Waals surface area contributed by atoms with Crippen LogP contribution in [0.3, 0.4) is 0 Å². The van der Waals surface area contributed by atoms with Crippen LogP contribution in [0.1, 0.15) is 26.5 Å². The van der Waals surface area contributed by atoms with E-state index in [0.717, 1.165) is 23.7 Å². The molecule has 0 atom stereocenters. The van der Waals surface area contributed by atoms with Crippen LogP contribution in [0.4, 0.5) is 0 Å². The second kappa shape index (κ2) is 4.32. The average molecular weight is 216 g/mol. The van der Waals surface area contributed by atoms with Gasteiger partial charge in [0, 0.05) is 25.6 Å². The molecule has 0 aliphatic heterocycles. The highest BCUT2D eigenvalue weighted by molar-refractivity contribution is 6.31. The Hall–Kier alpha value is -0.540. The van der Waals surface area contributed by atoms with Gasteiger partial charge in [-0.2, -0.15) is 5.10 Å². The molecule has 0 aromatic carbocycles. The molecule has 0 amide bonds. The summed E-state index contributed by atoms with van der Waals surface area (Å²) in [5.74, 6) is 0. The fourth-order valence-electron chi connectivity index (χ4n) is 1.27. The number of halogens is 1. The minimum absolute atomic E-state index is 0.158. The largest absolute Gasteiger partial charge is 0.312 e. The van der Waals surface area contributed by atoms with Crippen LogP contribution in [0, 0.1) is 0 Å². The Morgan fingerprint density at radius 2 is 2.14 bits per heavy atom. The Labute approximate surface area is 90.4 Å². The molecule has 14 heavy (non-hydrogen) atoms. The summed E-state index contributed by atoms with van der Waals surface area (Å²) in [5.41, 5.74) is 1.24. The first-order valence-electron chi connectivity index (χ1n) is 4.81. The van der Waals surface area contributed by atoms with Crippen molar-refractivity contribution in [2.45, 2.75) is 32.7 Å². The third-order valence-corrected chi connectivity index (χ3v) is 2.34. The number of nitrogens with zero attached hydrogens (tertiary/aromatic N) is 2. The van der Waals surface area contributed by atoms with Gasteiger partial charge >= 0.3 is 0 Å². The summed E-state index contributed by atoms with van der Waals surface area (Å²) in [6, 6.07) is 0. The smallest absolute Gasteiger partial charge is 0.0818 e. The highest BCUT2D eigenvalue weighted by Crippen LogP contribution is 2.14. The lowest BCUT2D eigenvalue weighted by Crippen LogP contribution is -2.37. The molecule has 0 saturated carbocycles. The van der Waals surface area contributed by atoms with Crippen molar-refractivity contribution in [1.29, 1.82) is 0 Å². The third kappa shape index (κ3) is 3.31. The minimum atomic E-state index is 0.158. The molecule has 1 N–H and O–H groups in total. The van der Waals surface area contributed by atoms with E-state index in [0.29, 0.717) is 0 Å². The Kier molecular flexibility index (Phi) is 3.56. The standard InChI is InChI=1S/C10H18ClN3/c1-10(2,3)12-6-5-9-8(11)7-13-14(9)4/h7,12H,5-6H2,1-4H3. The molecule has 0 radical (unpaired) electrons. The summed E-state index contributed by atoms with van der Waals surface area (Å²) < 4.78 is 1.83. The molecule has 0 aliphatic rings. The summed E-state index contributed by atoms with van der Waals surface area (Å²) in [4.78, 5) is 0. The average Bonchev–Trinajstić information content (AvgIpc) is 2.33. The Bertz CT molecular complexity index is 279. The molecule has 80 valence electrons. The van der Waals surface area contributed by atoms with Gasteiger partial charge in [-0.05, 0) is 20.8 Å².